The smallest absolute Gasteiger partial charge is 0.237 e. The highest BCUT2D eigenvalue weighted by Crippen LogP contribution is 2.28. The summed E-state index contributed by atoms with van der Waals surface area (Å²) >= 11 is 0. The fourth-order valence-corrected chi connectivity index (χ4v) is 3.25. The molecular weight excluding hydrogens is 334 g/mol. The second-order valence-electron chi connectivity index (χ2n) is 6.55. The van der Waals surface area contributed by atoms with Crippen molar-refractivity contribution < 1.29 is 4.42 Å². The third-order valence-corrected chi connectivity index (χ3v) is 4.81. The van der Waals surface area contributed by atoms with E-state index in [1.165, 1.54) is 5.56 Å². The molecule has 4 heteroatoms. The van der Waals surface area contributed by atoms with Crippen LogP contribution in [0.5, 0.6) is 0 Å². The second kappa shape index (κ2) is 6.97. The van der Waals surface area contributed by atoms with Gasteiger partial charge >= 0.3 is 0 Å². The molecule has 27 heavy (non-hydrogen) atoms. The average Bonchev–Trinajstić information content (AvgIpc) is 3.18. The molecule has 0 radical (unpaired) electrons. The summed E-state index contributed by atoms with van der Waals surface area (Å²) in [7, 11) is 0. The molecule has 0 saturated heterocycles. The second-order valence-corrected chi connectivity index (χ2v) is 6.55. The summed E-state index contributed by atoms with van der Waals surface area (Å²) in [6.45, 7) is 4.51. The number of hydrogen-bond donors (Lipinski definition) is 0. The van der Waals surface area contributed by atoms with E-state index >= 15 is 0 Å². The summed E-state index contributed by atoms with van der Waals surface area (Å²) in [6, 6.07) is 20.8. The number of aliphatic imine (C=N–C) groups is 1. The Labute approximate surface area is 158 Å². The molecule has 2 aromatic heterocycles. The first kappa shape index (κ1) is 16.9. The molecule has 0 aliphatic rings. The molecule has 132 valence electrons. The SMILES string of the molecule is Cc1oc(/N=C/c2cn(Cc3ccccc3)c3ccccc23)c(C#N)c1C. The Morgan fingerprint density at radius 1 is 1.07 bits per heavy atom. The maximum atomic E-state index is 9.36. The molecule has 0 unspecified atom stereocenters. The van der Waals surface area contributed by atoms with Crippen molar-refractivity contribution in [1.29, 1.82) is 5.26 Å². The lowest BCUT2D eigenvalue weighted by atomic mass is 10.2. The maximum Gasteiger partial charge on any atom is 0.237 e. The Balaban J connectivity index is 1.75. The van der Waals surface area contributed by atoms with Crippen LogP contribution in [0.3, 0.4) is 0 Å². The Bertz CT molecular complexity index is 1170. The molecule has 0 saturated carbocycles. The fraction of sp³-hybridized carbons (Fsp3) is 0.130. The van der Waals surface area contributed by atoms with Crippen molar-refractivity contribution in [2.45, 2.75) is 20.4 Å². The molecule has 0 aliphatic carbocycles. The Hall–Kier alpha value is -3.58. The molecule has 4 rings (SSSR count). The van der Waals surface area contributed by atoms with Crippen LogP contribution in [0, 0.1) is 25.2 Å². The fourth-order valence-electron chi connectivity index (χ4n) is 3.25. The first-order valence-corrected chi connectivity index (χ1v) is 8.83. The van der Waals surface area contributed by atoms with Crippen LogP contribution in [0.4, 0.5) is 5.88 Å². The zero-order chi connectivity index (χ0) is 18.8. The van der Waals surface area contributed by atoms with E-state index in [0.29, 0.717) is 11.4 Å². The molecule has 2 heterocycles. The summed E-state index contributed by atoms with van der Waals surface area (Å²) in [5.41, 5.74) is 4.73. The number of benzene rings is 2. The van der Waals surface area contributed by atoms with Crippen LogP contribution in [0.25, 0.3) is 10.9 Å². The molecule has 4 aromatic rings. The average molecular weight is 353 g/mol. The van der Waals surface area contributed by atoms with Gasteiger partial charge in [0, 0.05) is 41.0 Å². The maximum absolute atomic E-state index is 9.36. The van der Waals surface area contributed by atoms with Gasteiger partial charge in [-0.1, -0.05) is 48.5 Å². The molecule has 0 fully saturated rings. The Morgan fingerprint density at radius 2 is 1.81 bits per heavy atom. The number of nitrogens with zero attached hydrogens (tertiary/aromatic N) is 3. The standard InChI is InChI=1S/C23H19N3O/c1-16-17(2)27-23(21(16)12-24)25-13-19-15-26(14-18-8-4-3-5-9-18)22-11-7-6-10-20(19)22/h3-11,13,15H,14H2,1-2H3/b25-13+. The van der Waals surface area contributed by atoms with Crippen LogP contribution in [0.2, 0.25) is 0 Å². The summed E-state index contributed by atoms with van der Waals surface area (Å²) in [5.74, 6) is 1.09. The van der Waals surface area contributed by atoms with E-state index in [4.69, 9.17) is 4.42 Å². The van der Waals surface area contributed by atoms with Crippen molar-refractivity contribution in [3.8, 4) is 6.07 Å². The van der Waals surface area contributed by atoms with Gasteiger partial charge in [0.2, 0.25) is 5.88 Å². The third kappa shape index (κ3) is 3.16. The molecule has 0 bridgehead atoms. The number of para-hydroxylation sites is 1. The van der Waals surface area contributed by atoms with Gasteiger partial charge in [-0.15, -0.1) is 0 Å². The van der Waals surface area contributed by atoms with Crippen LogP contribution in [-0.4, -0.2) is 10.8 Å². The van der Waals surface area contributed by atoms with E-state index < -0.39 is 0 Å². The van der Waals surface area contributed by atoms with Gasteiger partial charge in [0.1, 0.15) is 17.4 Å². The van der Waals surface area contributed by atoms with Gasteiger partial charge in [-0.3, -0.25) is 0 Å². The lowest BCUT2D eigenvalue weighted by Crippen LogP contribution is -1.97. The van der Waals surface area contributed by atoms with Crippen molar-refractivity contribution in [3.63, 3.8) is 0 Å². The minimum atomic E-state index is 0.368. The van der Waals surface area contributed by atoms with E-state index in [2.05, 4.69) is 46.1 Å². The van der Waals surface area contributed by atoms with Crippen molar-refractivity contribution in [2.75, 3.05) is 0 Å². The molecule has 0 atom stereocenters. The Morgan fingerprint density at radius 3 is 2.59 bits per heavy atom. The summed E-state index contributed by atoms with van der Waals surface area (Å²) in [4.78, 5) is 4.47. The minimum Gasteiger partial charge on any atom is -0.442 e. The van der Waals surface area contributed by atoms with E-state index in [0.717, 1.165) is 34.3 Å². The third-order valence-electron chi connectivity index (χ3n) is 4.81. The number of hydrogen-bond acceptors (Lipinski definition) is 3. The number of aryl methyl sites for hydroxylation is 1. The van der Waals surface area contributed by atoms with Crippen LogP contribution in [0.15, 0.2) is 70.2 Å². The van der Waals surface area contributed by atoms with Crippen LogP contribution >= 0.6 is 0 Å². The Kier molecular flexibility index (Phi) is 4.35. The van der Waals surface area contributed by atoms with E-state index in [1.807, 2.05) is 44.2 Å². The molecular formula is C23H19N3O. The molecule has 0 aliphatic heterocycles. The molecule has 0 amide bonds. The summed E-state index contributed by atoms with van der Waals surface area (Å²) in [6.07, 6.45) is 3.87. The van der Waals surface area contributed by atoms with Crippen molar-refractivity contribution in [2.24, 2.45) is 4.99 Å². The number of nitriles is 1. The normalized spacial score (nSPS) is 11.3. The lowest BCUT2D eigenvalue weighted by Gasteiger charge is -2.05. The zero-order valence-electron chi connectivity index (χ0n) is 15.3. The highest BCUT2D eigenvalue weighted by Gasteiger charge is 2.13. The van der Waals surface area contributed by atoms with Gasteiger partial charge in [0.15, 0.2) is 0 Å². The first-order chi connectivity index (χ1) is 13.2. The number of fused-ring (bicyclic) bond motifs is 1. The van der Waals surface area contributed by atoms with E-state index in [-0.39, 0.29) is 0 Å². The van der Waals surface area contributed by atoms with Gasteiger partial charge in [0.05, 0.1) is 0 Å². The lowest BCUT2D eigenvalue weighted by molar-refractivity contribution is 0.542. The van der Waals surface area contributed by atoms with Gasteiger partial charge in [-0.25, -0.2) is 4.99 Å². The highest BCUT2D eigenvalue weighted by atomic mass is 16.4. The molecule has 0 spiro atoms. The summed E-state index contributed by atoms with van der Waals surface area (Å²) < 4.78 is 7.86. The van der Waals surface area contributed by atoms with E-state index in [9.17, 15) is 5.26 Å². The number of rotatable bonds is 4. The number of aromatic nitrogens is 1. The van der Waals surface area contributed by atoms with Crippen molar-refractivity contribution in [1.82, 2.24) is 4.57 Å². The highest BCUT2D eigenvalue weighted by molar-refractivity contribution is 6.00. The van der Waals surface area contributed by atoms with Gasteiger partial charge in [-0.05, 0) is 25.5 Å². The van der Waals surface area contributed by atoms with Crippen molar-refractivity contribution in [3.05, 3.63) is 88.8 Å². The summed E-state index contributed by atoms with van der Waals surface area (Å²) in [5, 5.41) is 10.5. The zero-order valence-corrected chi connectivity index (χ0v) is 15.3. The predicted molar refractivity (Wildman–Crippen MR) is 108 cm³/mol. The molecule has 2 aromatic carbocycles. The van der Waals surface area contributed by atoms with Crippen molar-refractivity contribution >= 4 is 23.0 Å². The van der Waals surface area contributed by atoms with Crippen LogP contribution in [0.1, 0.15) is 28.0 Å². The monoisotopic (exact) mass is 353 g/mol. The quantitative estimate of drug-likeness (QED) is 0.453. The van der Waals surface area contributed by atoms with Crippen LogP contribution < -0.4 is 0 Å². The molecule has 0 N–H and O–H groups in total. The number of furan rings is 1. The topological polar surface area (TPSA) is 54.2 Å². The predicted octanol–water partition coefficient (Wildman–Crippen LogP) is 5.52. The van der Waals surface area contributed by atoms with Gasteiger partial charge in [-0.2, -0.15) is 5.26 Å². The first-order valence-electron chi connectivity index (χ1n) is 8.83. The largest absolute Gasteiger partial charge is 0.442 e. The molecule has 4 nitrogen and oxygen atoms in total. The van der Waals surface area contributed by atoms with Crippen LogP contribution in [-0.2, 0) is 6.54 Å². The van der Waals surface area contributed by atoms with Gasteiger partial charge in [0.25, 0.3) is 0 Å². The van der Waals surface area contributed by atoms with E-state index in [1.54, 1.807) is 6.21 Å². The van der Waals surface area contributed by atoms with Gasteiger partial charge < -0.3 is 8.98 Å². The minimum absolute atomic E-state index is 0.368.